The second-order valence-electron chi connectivity index (χ2n) is 6.03. The monoisotopic (exact) mass is 310 g/mol. The molecule has 0 bridgehead atoms. The molecule has 0 aromatic heterocycles. The van der Waals surface area contributed by atoms with Crippen LogP contribution in [0.1, 0.15) is 25.3 Å². The normalized spacial score (nSPS) is 20.1. The zero-order chi connectivity index (χ0) is 15.5. The fraction of sp³-hybridized carbons (Fsp3) is 0.625. The molecule has 1 aliphatic rings. The minimum absolute atomic E-state index is 0.275. The van der Waals surface area contributed by atoms with Gasteiger partial charge in [-0.25, -0.2) is 8.42 Å². The summed E-state index contributed by atoms with van der Waals surface area (Å²) in [6.07, 6.45) is 3.11. The van der Waals surface area contributed by atoms with Crippen LogP contribution in [0.5, 0.6) is 0 Å². The van der Waals surface area contributed by atoms with E-state index in [1.165, 1.54) is 17.5 Å². The van der Waals surface area contributed by atoms with Crippen molar-refractivity contribution in [3.8, 4) is 0 Å². The van der Waals surface area contributed by atoms with Crippen molar-refractivity contribution in [3.05, 3.63) is 29.8 Å². The molecule has 21 heavy (non-hydrogen) atoms. The third-order valence-corrected chi connectivity index (χ3v) is 5.24. The summed E-state index contributed by atoms with van der Waals surface area (Å²) in [5, 5.41) is 0. The average molecular weight is 310 g/mol. The molecule has 1 aliphatic heterocycles. The highest BCUT2D eigenvalue weighted by molar-refractivity contribution is 7.90. The lowest BCUT2D eigenvalue weighted by Gasteiger charge is -2.30. The smallest absolute Gasteiger partial charge is 0.147 e. The molecule has 0 saturated carbocycles. The van der Waals surface area contributed by atoms with Gasteiger partial charge in [0.2, 0.25) is 0 Å². The van der Waals surface area contributed by atoms with Gasteiger partial charge in [0.1, 0.15) is 9.84 Å². The number of hydrogen-bond donors (Lipinski definition) is 0. The fourth-order valence-electron chi connectivity index (χ4n) is 3.07. The van der Waals surface area contributed by atoms with E-state index < -0.39 is 9.84 Å². The van der Waals surface area contributed by atoms with E-state index in [1.54, 1.807) is 0 Å². The molecule has 0 aliphatic carbocycles. The van der Waals surface area contributed by atoms with E-state index in [9.17, 15) is 8.42 Å². The molecule has 2 rings (SSSR count). The van der Waals surface area contributed by atoms with Crippen LogP contribution in [-0.4, -0.2) is 51.5 Å². The lowest BCUT2D eigenvalue weighted by molar-refractivity contribution is 0.191. The Morgan fingerprint density at radius 1 is 1.29 bits per heavy atom. The maximum Gasteiger partial charge on any atom is 0.147 e. The van der Waals surface area contributed by atoms with Gasteiger partial charge in [0, 0.05) is 38.1 Å². The Morgan fingerprint density at radius 3 is 2.67 bits per heavy atom. The van der Waals surface area contributed by atoms with Crippen molar-refractivity contribution in [1.29, 1.82) is 0 Å². The van der Waals surface area contributed by atoms with Gasteiger partial charge in [0.25, 0.3) is 0 Å². The van der Waals surface area contributed by atoms with Gasteiger partial charge in [-0.1, -0.05) is 25.1 Å². The van der Waals surface area contributed by atoms with Gasteiger partial charge >= 0.3 is 0 Å². The molecule has 0 spiro atoms. The van der Waals surface area contributed by atoms with Crippen LogP contribution < -0.4 is 4.90 Å². The van der Waals surface area contributed by atoms with E-state index in [1.807, 2.05) is 0 Å². The summed E-state index contributed by atoms with van der Waals surface area (Å²) in [5.74, 6) is 0.275. The molecule has 1 heterocycles. The first-order chi connectivity index (χ1) is 9.90. The van der Waals surface area contributed by atoms with Crippen LogP contribution in [0.15, 0.2) is 24.3 Å². The zero-order valence-electron chi connectivity index (χ0n) is 13.2. The minimum atomic E-state index is -2.87. The number of hydrogen-bond acceptors (Lipinski definition) is 4. The van der Waals surface area contributed by atoms with E-state index >= 15 is 0 Å². The summed E-state index contributed by atoms with van der Waals surface area (Å²) in [4.78, 5) is 4.76. The summed E-state index contributed by atoms with van der Waals surface area (Å²) in [6, 6.07) is 8.97. The molecule has 5 heteroatoms. The van der Waals surface area contributed by atoms with Crippen molar-refractivity contribution in [2.45, 2.75) is 32.4 Å². The standard InChI is InChI=1S/C16H26N2O2S/c1-4-15-13-17(2)16-9-6-5-8-14(16)12-18(15)10-7-11-21(3,19)20/h5-6,8-9,15H,4,7,10-13H2,1-3H3/t15-/m0/s1. The van der Waals surface area contributed by atoms with E-state index in [0.29, 0.717) is 12.5 Å². The van der Waals surface area contributed by atoms with E-state index in [2.05, 4.69) is 48.0 Å². The van der Waals surface area contributed by atoms with Gasteiger partial charge in [-0.2, -0.15) is 0 Å². The minimum Gasteiger partial charge on any atom is -0.373 e. The van der Waals surface area contributed by atoms with E-state index in [0.717, 1.165) is 26.1 Å². The first-order valence-electron chi connectivity index (χ1n) is 7.61. The molecule has 0 saturated heterocycles. The largest absolute Gasteiger partial charge is 0.373 e. The van der Waals surface area contributed by atoms with Crippen LogP contribution >= 0.6 is 0 Å². The first kappa shape index (κ1) is 16.3. The van der Waals surface area contributed by atoms with Crippen LogP contribution in [0, 0.1) is 0 Å². The Bertz CT molecular complexity index is 571. The van der Waals surface area contributed by atoms with Crippen LogP contribution in [0.3, 0.4) is 0 Å². The van der Waals surface area contributed by atoms with Crippen molar-refractivity contribution in [3.63, 3.8) is 0 Å². The molecule has 0 unspecified atom stereocenters. The summed E-state index contributed by atoms with van der Waals surface area (Å²) in [6.45, 7) is 4.95. The van der Waals surface area contributed by atoms with Crippen molar-refractivity contribution < 1.29 is 8.42 Å². The Kier molecular flexibility index (Phi) is 5.27. The highest BCUT2D eigenvalue weighted by Gasteiger charge is 2.24. The lowest BCUT2D eigenvalue weighted by Crippen LogP contribution is -2.40. The highest BCUT2D eigenvalue weighted by Crippen LogP contribution is 2.27. The molecule has 0 radical (unpaired) electrons. The predicted octanol–water partition coefficient (Wildman–Crippen LogP) is 2.15. The van der Waals surface area contributed by atoms with Gasteiger partial charge in [-0.3, -0.25) is 4.90 Å². The molecule has 0 fully saturated rings. The van der Waals surface area contributed by atoms with Crippen molar-refractivity contribution in [1.82, 2.24) is 4.90 Å². The number of fused-ring (bicyclic) bond motifs is 1. The number of sulfone groups is 1. The number of para-hydroxylation sites is 1. The third kappa shape index (κ3) is 4.45. The van der Waals surface area contributed by atoms with Crippen LogP contribution in [0.4, 0.5) is 5.69 Å². The molecule has 118 valence electrons. The maximum absolute atomic E-state index is 11.3. The van der Waals surface area contributed by atoms with Crippen molar-refractivity contribution in [2.24, 2.45) is 0 Å². The quantitative estimate of drug-likeness (QED) is 0.835. The van der Waals surface area contributed by atoms with Crippen LogP contribution in [-0.2, 0) is 16.4 Å². The lowest BCUT2D eigenvalue weighted by atomic mass is 10.1. The molecule has 1 atom stereocenters. The van der Waals surface area contributed by atoms with Crippen LogP contribution in [0.25, 0.3) is 0 Å². The number of rotatable bonds is 5. The third-order valence-electron chi connectivity index (χ3n) is 4.21. The number of anilines is 1. The summed E-state index contributed by atoms with van der Waals surface area (Å²) in [7, 11) is -0.726. The number of benzene rings is 1. The van der Waals surface area contributed by atoms with Gasteiger partial charge in [0.05, 0.1) is 5.75 Å². The average Bonchev–Trinajstić information content (AvgIpc) is 2.55. The Morgan fingerprint density at radius 2 is 2.00 bits per heavy atom. The Labute approximate surface area is 128 Å². The molecule has 4 nitrogen and oxygen atoms in total. The zero-order valence-corrected chi connectivity index (χ0v) is 14.1. The van der Waals surface area contributed by atoms with Gasteiger partial charge in [-0.05, 0) is 31.0 Å². The summed E-state index contributed by atoms with van der Waals surface area (Å²) < 4.78 is 22.6. The number of likely N-dealkylation sites (N-methyl/N-ethyl adjacent to an activating group) is 1. The molecule has 1 aromatic rings. The number of nitrogens with zero attached hydrogens (tertiary/aromatic N) is 2. The van der Waals surface area contributed by atoms with Crippen molar-refractivity contribution >= 4 is 15.5 Å². The highest BCUT2D eigenvalue weighted by atomic mass is 32.2. The van der Waals surface area contributed by atoms with Gasteiger partial charge in [0.15, 0.2) is 0 Å². The maximum atomic E-state index is 11.3. The molecule has 0 N–H and O–H groups in total. The van der Waals surface area contributed by atoms with E-state index in [-0.39, 0.29) is 5.75 Å². The second-order valence-corrected chi connectivity index (χ2v) is 8.28. The second kappa shape index (κ2) is 6.79. The fourth-order valence-corrected chi connectivity index (χ4v) is 3.73. The van der Waals surface area contributed by atoms with Crippen molar-refractivity contribution in [2.75, 3.05) is 37.0 Å². The molecule has 1 aromatic carbocycles. The predicted molar refractivity (Wildman–Crippen MR) is 88.5 cm³/mol. The Hall–Kier alpha value is -1.07. The van der Waals surface area contributed by atoms with Gasteiger partial charge in [-0.15, -0.1) is 0 Å². The molecular weight excluding hydrogens is 284 g/mol. The summed E-state index contributed by atoms with van der Waals surface area (Å²) >= 11 is 0. The Balaban J connectivity index is 2.12. The topological polar surface area (TPSA) is 40.6 Å². The molecular formula is C16H26N2O2S. The SMILES string of the molecule is CC[C@H]1CN(C)c2ccccc2CN1CCCS(C)(=O)=O. The van der Waals surface area contributed by atoms with Gasteiger partial charge < -0.3 is 4.90 Å². The first-order valence-corrected chi connectivity index (χ1v) is 9.67. The summed E-state index contributed by atoms with van der Waals surface area (Å²) in [5.41, 5.74) is 2.62. The van der Waals surface area contributed by atoms with E-state index in [4.69, 9.17) is 0 Å². The molecule has 0 amide bonds. The van der Waals surface area contributed by atoms with Crippen LogP contribution in [0.2, 0.25) is 0 Å².